The highest BCUT2D eigenvalue weighted by Crippen LogP contribution is 2.23. The molecule has 1 N–H and O–H groups in total. The van der Waals surface area contributed by atoms with Gasteiger partial charge >= 0.3 is 0 Å². The van der Waals surface area contributed by atoms with Gasteiger partial charge in [-0.3, -0.25) is 9.69 Å². The second kappa shape index (κ2) is 8.19. The molecular weight excluding hydrogens is 330 g/mol. The molecule has 138 valence electrons. The Morgan fingerprint density at radius 2 is 2.08 bits per heavy atom. The lowest BCUT2D eigenvalue weighted by Crippen LogP contribution is -2.20. The number of carbonyl (C=O) groups is 1. The Bertz CT molecular complexity index is 804. The number of aryl methyl sites for hydroxylation is 1. The van der Waals surface area contributed by atoms with Gasteiger partial charge in [-0.15, -0.1) is 0 Å². The minimum atomic E-state index is -0.276. The van der Waals surface area contributed by atoms with Crippen molar-refractivity contribution in [3.8, 4) is 5.75 Å². The Morgan fingerprint density at radius 1 is 1.31 bits per heavy atom. The van der Waals surface area contributed by atoms with E-state index in [-0.39, 0.29) is 5.91 Å². The first kappa shape index (κ1) is 18.2. The molecule has 0 atom stereocenters. The molecule has 1 fully saturated rings. The van der Waals surface area contributed by atoms with Crippen molar-refractivity contribution in [1.82, 2.24) is 10.3 Å². The molecule has 1 aliphatic rings. The van der Waals surface area contributed by atoms with Crippen molar-refractivity contribution in [1.29, 1.82) is 0 Å². The molecule has 0 spiro atoms. The number of hydrogen-bond donors (Lipinski definition) is 1. The van der Waals surface area contributed by atoms with Gasteiger partial charge in [-0.05, 0) is 69.6 Å². The maximum atomic E-state index is 12.2. The third-order valence-corrected chi connectivity index (χ3v) is 4.72. The first-order valence-corrected chi connectivity index (χ1v) is 8.87. The summed E-state index contributed by atoms with van der Waals surface area (Å²) in [4.78, 5) is 14.6. The number of hydrogen-bond acceptors (Lipinski definition) is 5. The molecule has 1 aromatic carbocycles. The monoisotopic (exact) mass is 355 g/mol. The fourth-order valence-electron chi connectivity index (χ4n) is 3.19. The summed E-state index contributed by atoms with van der Waals surface area (Å²) in [6, 6.07) is 7.64. The van der Waals surface area contributed by atoms with Gasteiger partial charge in [0.1, 0.15) is 11.5 Å². The Morgan fingerprint density at radius 3 is 2.73 bits per heavy atom. The van der Waals surface area contributed by atoms with Crippen LogP contribution in [0.15, 0.2) is 40.0 Å². The normalized spacial score (nSPS) is 15.3. The van der Waals surface area contributed by atoms with Crippen molar-refractivity contribution in [3.63, 3.8) is 0 Å². The number of furan rings is 1. The van der Waals surface area contributed by atoms with Gasteiger partial charge in [0.2, 0.25) is 0 Å². The summed E-state index contributed by atoms with van der Waals surface area (Å²) < 4.78 is 10.7. The average Bonchev–Trinajstić information content (AvgIpc) is 3.31. The molecule has 1 aromatic heterocycles. The highest BCUT2D eigenvalue weighted by molar-refractivity contribution is 6.01. The number of methoxy groups -OCH3 is 1. The van der Waals surface area contributed by atoms with Gasteiger partial charge in [0.15, 0.2) is 0 Å². The molecule has 1 saturated heterocycles. The molecule has 2 aromatic rings. The first-order chi connectivity index (χ1) is 12.6. The highest BCUT2D eigenvalue weighted by Gasteiger charge is 2.15. The van der Waals surface area contributed by atoms with E-state index < -0.39 is 0 Å². The fraction of sp³-hybridized carbons (Fsp3) is 0.400. The van der Waals surface area contributed by atoms with Crippen LogP contribution >= 0.6 is 0 Å². The largest absolute Gasteiger partial charge is 0.496 e. The van der Waals surface area contributed by atoms with Crippen molar-refractivity contribution in [2.45, 2.75) is 33.2 Å². The van der Waals surface area contributed by atoms with Crippen LogP contribution in [0.25, 0.3) is 0 Å². The van der Waals surface area contributed by atoms with Crippen LogP contribution in [0.4, 0.5) is 0 Å². The van der Waals surface area contributed by atoms with E-state index >= 15 is 0 Å². The zero-order valence-corrected chi connectivity index (χ0v) is 15.5. The molecule has 2 heterocycles. The number of rotatable bonds is 6. The standard InChI is InChI=1S/C20H25N3O3/c1-14(21-22-20(24)18-8-11-26-15(18)2)16-6-7-19(25-3)17(12-16)13-23-9-4-5-10-23/h6-8,11-12H,4-5,9-10,13H2,1-3H3,(H,22,24)/b21-14-. The van der Waals surface area contributed by atoms with Gasteiger partial charge in [0.25, 0.3) is 5.91 Å². The molecule has 0 saturated carbocycles. The Labute approximate surface area is 153 Å². The number of amides is 1. The summed E-state index contributed by atoms with van der Waals surface area (Å²) in [5.41, 5.74) is 5.92. The summed E-state index contributed by atoms with van der Waals surface area (Å²) in [5.74, 6) is 1.18. The molecule has 3 rings (SSSR count). The smallest absolute Gasteiger partial charge is 0.274 e. The zero-order chi connectivity index (χ0) is 18.5. The number of likely N-dealkylation sites (tertiary alicyclic amines) is 1. The molecule has 6 heteroatoms. The Kier molecular flexibility index (Phi) is 5.73. The van der Waals surface area contributed by atoms with Crippen LogP contribution in [0, 0.1) is 6.92 Å². The SMILES string of the molecule is COc1ccc(/C(C)=N\NC(=O)c2ccoc2C)cc1CN1CCCC1. The average molecular weight is 355 g/mol. The minimum Gasteiger partial charge on any atom is -0.496 e. The van der Waals surface area contributed by atoms with E-state index in [0.717, 1.165) is 42.2 Å². The number of hydrazone groups is 1. The molecule has 0 bridgehead atoms. The lowest BCUT2D eigenvalue weighted by molar-refractivity contribution is 0.0953. The summed E-state index contributed by atoms with van der Waals surface area (Å²) in [5, 5.41) is 4.24. The van der Waals surface area contributed by atoms with Crippen molar-refractivity contribution < 1.29 is 13.9 Å². The van der Waals surface area contributed by atoms with Crippen molar-refractivity contribution in [2.24, 2.45) is 5.10 Å². The van der Waals surface area contributed by atoms with Crippen LogP contribution in [-0.4, -0.2) is 36.7 Å². The quantitative estimate of drug-likeness (QED) is 0.637. The van der Waals surface area contributed by atoms with E-state index in [1.807, 2.05) is 19.1 Å². The number of ether oxygens (including phenoxy) is 1. The van der Waals surface area contributed by atoms with Gasteiger partial charge in [-0.1, -0.05) is 0 Å². The van der Waals surface area contributed by atoms with E-state index in [2.05, 4.69) is 21.5 Å². The Hall–Kier alpha value is -2.60. The summed E-state index contributed by atoms with van der Waals surface area (Å²) >= 11 is 0. The summed E-state index contributed by atoms with van der Waals surface area (Å²) in [6.45, 7) is 6.75. The zero-order valence-electron chi connectivity index (χ0n) is 15.5. The second-order valence-corrected chi connectivity index (χ2v) is 6.54. The molecule has 26 heavy (non-hydrogen) atoms. The van der Waals surface area contributed by atoms with Crippen LogP contribution in [0.3, 0.4) is 0 Å². The number of nitrogens with zero attached hydrogens (tertiary/aromatic N) is 2. The van der Waals surface area contributed by atoms with E-state index in [1.165, 1.54) is 19.1 Å². The van der Waals surface area contributed by atoms with Gasteiger partial charge < -0.3 is 9.15 Å². The molecular formula is C20H25N3O3. The summed E-state index contributed by atoms with van der Waals surface area (Å²) in [7, 11) is 1.69. The minimum absolute atomic E-state index is 0.276. The van der Waals surface area contributed by atoms with Crippen molar-refractivity contribution in [2.75, 3.05) is 20.2 Å². The van der Waals surface area contributed by atoms with Gasteiger partial charge in [0.05, 0.1) is 24.6 Å². The third-order valence-electron chi connectivity index (χ3n) is 4.72. The predicted octanol–water partition coefficient (Wildman–Crippen LogP) is 3.35. The van der Waals surface area contributed by atoms with E-state index in [9.17, 15) is 4.79 Å². The fourth-order valence-corrected chi connectivity index (χ4v) is 3.19. The lowest BCUT2D eigenvalue weighted by atomic mass is 10.1. The molecule has 1 aliphatic heterocycles. The van der Waals surface area contributed by atoms with Crippen LogP contribution in [0.1, 0.15) is 47.0 Å². The predicted molar refractivity (Wildman–Crippen MR) is 101 cm³/mol. The van der Waals surface area contributed by atoms with Gasteiger partial charge in [0, 0.05) is 12.1 Å². The number of carbonyl (C=O) groups excluding carboxylic acids is 1. The number of benzene rings is 1. The van der Waals surface area contributed by atoms with Crippen molar-refractivity contribution >= 4 is 11.6 Å². The molecule has 0 radical (unpaired) electrons. The van der Waals surface area contributed by atoms with Crippen molar-refractivity contribution in [3.05, 3.63) is 53.0 Å². The maximum absolute atomic E-state index is 12.2. The van der Waals surface area contributed by atoms with Crippen LogP contribution in [0.5, 0.6) is 5.75 Å². The van der Waals surface area contributed by atoms with Crippen LogP contribution < -0.4 is 10.2 Å². The second-order valence-electron chi connectivity index (χ2n) is 6.54. The van der Waals surface area contributed by atoms with E-state index in [4.69, 9.17) is 9.15 Å². The van der Waals surface area contributed by atoms with Crippen LogP contribution in [0.2, 0.25) is 0 Å². The molecule has 6 nitrogen and oxygen atoms in total. The third kappa shape index (κ3) is 4.14. The molecule has 1 amide bonds. The lowest BCUT2D eigenvalue weighted by Gasteiger charge is -2.17. The van der Waals surface area contributed by atoms with Crippen LogP contribution in [-0.2, 0) is 6.54 Å². The van der Waals surface area contributed by atoms with Gasteiger partial charge in [-0.25, -0.2) is 5.43 Å². The number of nitrogens with one attached hydrogen (secondary N) is 1. The van der Waals surface area contributed by atoms with Gasteiger partial charge in [-0.2, -0.15) is 5.10 Å². The molecule has 0 unspecified atom stereocenters. The maximum Gasteiger partial charge on any atom is 0.274 e. The Balaban J connectivity index is 1.74. The molecule has 0 aliphatic carbocycles. The first-order valence-electron chi connectivity index (χ1n) is 8.87. The van der Waals surface area contributed by atoms with E-state index in [1.54, 1.807) is 20.1 Å². The summed E-state index contributed by atoms with van der Waals surface area (Å²) in [6.07, 6.45) is 4.00. The van der Waals surface area contributed by atoms with E-state index in [0.29, 0.717) is 11.3 Å². The highest BCUT2D eigenvalue weighted by atomic mass is 16.5. The topological polar surface area (TPSA) is 67.1 Å².